The van der Waals surface area contributed by atoms with E-state index >= 15 is 0 Å². The number of aromatic nitrogens is 1. The van der Waals surface area contributed by atoms with E-state index in [9.17, 15) is 14.0 Å². The Morgan fingerprint density at radius 2 is 2.04 bits per heavy atom. The first-order valence-electron chi connectivity index (χ1n) is 8.68. The molecule has 1 aliphatic carbocycles. The van der Waals surface area contributed by atoms with E-state index in [2.05, 4.69) is 4.37 Å². The average molecular weight is 351 g/mol. The molecule has 130 valence electrons. The van der Waals surface area contributed by atoms with Crippen LogP contribution in [0, 0.1) is 12.8 Å². The van der Waals surface area contributed by atoms with Crippen LogP contribution in [0.15, 0.2) is 6.20 Å². The maximum absolute atomic E-state index is 14.9. The van der Waals surface area contributed by atoms with Gasteiger partial charge in [-0.15, -0.1) is 0 Å². The zero-order valence-corrected chi connectivity index (χ0v) is 14.6. The normalized spacial score (nSPS) is 28.4. The molecular formula is C17H22FN3O2S. The lowest BCUT2D eigenvalue weighted by Crippen LogP contribution is -2.50. The van der Waals surface area contributed by atoms with Crippen molar-refractivity contribution in [2.45, 2.75) is 50.7 Å². The van der Waals surface area contributed by atoms with Crippen LogP contribution in [0.5, 0.6) is 0 Å². The second-order valence-electron chi connectivity index (χ2n) is 7.39. The summed E-state index contributed by atoms with van der Waals surface area (Å²) in [6, 6.07) is -0.0414. The summed E-state index contributed by atoms with van der Waals surface area (Å²) in [5.74, 6) is -0.0928. The Balaban J connectivity index is 1.49. The quantitative estimate of drug-likeness (QED) is 0.822. The highest BCUT2D eigenvalue weighted by molar-refractivity contribution is 7.06. The molecule has 3 heterocycles. The van der Waals surface area contributed by atoms with Crippen LogP contribution < -0.4 is 0 Å². The van der Waals surface area contributed by atoms with Crippen LogP contribution >= 0.6 is 11.5 Å². The highest BCUT2D eigenvalue weighted by atomic mass is 32.1. The minimum absolute atomic E-state index is 0.0129. The van der Waals surface area contributed by atoms with E-state index in [-0.39, 0.29) is 23.8 Å². The molecule has 2 bridgehead atoms. The Kier molecular flexibility index (Phi) is 3.86. The number of piperidine rings is 1. The van der Waals surface area contributed by atoms with Gasteiger partial charge in [-0.05, 0) is 56.5 Å². The largest absolute Gasteiger partial charge is 0.336 e. The molecule has 2 amide bonds. The fourth-order valence-corrected chi connectivity index (χ4v) is 5.01. The minimum atomic E-state index is -1.67. The van der Waals surface area contributed by atoms with Crippen LogP contribution in [0.3, 0.4) is 0 Å². The Morgan fingerprint density at radius 3 is 2.71 bits per heavy atom. The summed E-state index contributed by atoms with van der Waals surface area (Å²) in [5, 5.41) is 0. The molecule has 3 aliphatic rings. The number of alkyl halides is 1. The molecule has 0 N–H and O–H groups in total. The van der Waals surface area contributed by atoms with Gasteiger partial charge in [0, 0.05) is 30.6 Å². The van der Waals surface area contributed by atoms with Crippen molar-refractivity contribution in [3.8, 4) is 0 Å². The second-order valence-corrected chi connectivity index (χ2v) is 8.40. The molecule has 0 aromatic carbocycles. The second kappa shape index (κ2) is 5.79. The number of aryl methyl sites for hydroxylation is 1. The zero-order chi connectivity index (χ0) is 16.9. The van der Waals surface area contributed by atoms with Crippen molar-refractivity contribution >= 4 is 23.3 Å². The van der Waals surface area contributed by atoms with Crippen LogP contribution in [-0.2, 0) is 4.79 Å². The molecular weight excluding hydrogens is 329 g/mol. The van der Waals surface area contributed by atoms with Crippen molar-refractivity contribution in [2.75, 3.05) is 19.6 Å². The van der Waals surface area contributed by atoms with E-state index in [0.717, 1.165) is 24.1 Å². The van der Waals surface area contributed by atoms with Gasteiger partial charge in [0.05, 0.1) is 11.8 Å². The zero-order valence-electron chi connectivity index (χ0n) is 13.8. The van der Waals surface area contributed by atoms with Gasteiger partial charge in [-0.25, -0.2) is 8.76 Å². The lowest BCUT2D eigenvalue weighted by molar-refractivity contribution is -0.144. The number of amides is 2. The van der Waals surface area contributed by atoms with Crippen molar-refractivity contribution in [1.29, 1.82) is 0 Å². The number of nitrogens with zero attached hydrogens (tertiary/aromatic N) is 3. The summed E-state index contributed by atoms with van der Waals surface area (Å²) in [6.07, 6.45) is 4.78. The monoisotopic (exact) mass is 351 g/mol. The lowest BCUT2D eigenvalue weighted by atomic mass is 9.99. The van der Waals surface area contributed by atoms with Gasteiger partial charge in [0.1, 0.15) is 0 Å². The van der Waals surface area contributed by atoms with E-state index < -0.39 is 5.67 Å². The summed E-state index contributed by atoms with van der Waals surface area (Å²) < 4.78 is 18.9. The molecule has 4 rings (SSSR count). The molecule has 1 saturated carbocycles. The molecule has 2 aliphatic heterocycles. The van der Waals surface area contributed by atoms with Crippen molar-refractivity contribution in [2.24, 2.45) is 5.92 Å². The molecule has 1 aromatic rings. The van der Waals surface area contributed by atoms with Gasteiger partial charge in [-0.3, -0.25) is 9.59 Å². The Hall–Kier alpha value is -1.50. The van der Waals surface area contributed by atoms with Crippen LogP contribution in [-0.4, -0.2) is 57.3 Å². The van der Waals surface area contributed by atoms with Gasteiger partial charge in [-0.2, -0.15) is 0 Å². The third-order valence-electron chi connectivity index (χ3n) is 5.72. The summed E-state index contributed by atoms with van der Waals surface area (Å²) in [7, 11) is 0. The van der Waals surface area contributed by atoms with Gasteiger partial charge in [0.25, 0.3) is 11.8 Å². The first-order valence-corrected chi connectivity index (χ1v) is 9.46. The number of hydrogen-bond donors (Lipinski definition) is 0. The number of rotatable bonds is 2. The van der Waals surface area contributed by atoms with Gasteiger partial charge < -0.3 is 9.80 Å². The predicted molar refractivity (Wildman–Crippen MR) is 88.7 cm³/mol. The fraction of sp³-hybridized carbons (Fsp3) is 0.706. The summed E-state index contributed by atoms with van der Waals surface area (Å²) in [4.78, 5) is 29.9. The van der Waals surface area contributed by atoms with Gasteiger partial charge >= 0.3 is 0 Å². The van der Waals surface area contributed by atoms with Crippen LogP contribution in [0.2, 0.25) is 0 Å². The van der Waals surface area contributed by atoms with Crippen molar-refractivity contribution in [1.82, 2.24) is 14.2 Å². The Bertz CT molecular complexity index is 671. The Labute approximate surface area is 145 Å². The molecule has 5 nitrogen and oxygen atoms in total. The molecule has 2 saturated heterocycles. The van der Waals surface area contributed by atoms with Gasteiger partial charge in [0.2, 0.25) is 0 Å². The number of fused-ring (bicyclic) bond motifs is 2. The fourth-order valence-electron chi connectivity index (χ4n) is 4.46. The smallest absolute Gasteiger partial charge is 0.260 e. The molecule has 1 aromatic heterocycles. The summed E-state index contributed by atoms with van der Waals surface area (Å²) >= 11 is 1.32. The van der Waals surface area contributed by atoms with Gasteiger partial charge in [-0.1, -0.05) is 0 Å². The molecule has 0 spiro atoms. The van der Waals surface area contributed by atoms with Gasteiger partial charge in [0.15, 0.2) is 5.67 Å². The summed E-state index contributed by atoms with van der Waals surface area (Å²) in [5.41, 5.74) is -1.02. The Morgan fingerprint density at radius 1 is 1.29 bits per heavy atom. The third kappa shape index (κ3) is 2.53. The van der Waals surface area contributed by atoms with E-state index in [0.29, 0.717) is 38.0 Å². The highest BCUT2D eigenvalue weighted by Gasteiger charge is 2.50. The van der Waals surface area contributed by atoms with E-state index in [4.69, 9.17) is 0 Å². The third-order valence-corrected chi connectivity index (χ3v) is 6.42. The number of hydrogen-bond acceptors (Lipinski definition) is 4. The number of carbonyl (C=O) groups is 2. The molecule has 3 fully saturated rings. The molecule has 2 atom stereocenters. The average Bonchev–Trinajstić information content (AvgIpc) is 3.26. The first kappa shape index (κ1) is 16.0. The van der Waals surface area contributed by atoms with E-state index in [1.165, 1.54) is 11.5 Å². The molecule has 0 radical (unpaired) electrons. The standard InChI is InChI=1S/C17H22FN3O2S/c1-11-14(7-19-24-11)15(22)20-8-12-6-13(10-20)21(9-12)16(23)17(18)4-2-3-5-17/h7,12-13H,2-6,8-10H2,1H3. The topological polar surface area (TPSA) is 53.5 Å². The van der Waals surface area contributed by atoms with Crippen molar-refractivity contribution < 1.29 is 14.0 Å². The van der Waals surface area contributed by atoms with E-state index in [1.807, 2.05) is 11.8 Å². The van der Waals surface area contributed by atoms with E-state index in [1.54, 1.807) is 11.1 Å². The van der Waals surface area contributed by atoms with Crippen molar-refractivity contribution in [3.63, 3.8) is 0 Å². The maximum Gasteiger partial charge on any atom is 0.260 e. The maximum atomic E-state index is 14.9. The van der Waals surface area contributed by atoms with Crippen LogP contribution in [0.4, 0.5) is 4.39 Å². The minimum Gasteiger partial charge on any atom is -0.336 e. The molecule has 2 unspecified atom stereocenters. The predicted octanol–water partition coefficient (Wildman–Crippen LogP) is 2.41. The first-order chi connectivity index (χ1) is 11.5. The number of likely N-dealkylation sites (tertiary alicyclic amines) is 2. The summed E-state index contributed by atoms with van der Waals surface area (Å²) in [6.45, 7) is 3.63. The molecule has 7 heteroatoms. The van der Waals surface area contributed by atoms with Crippen LogP contribution in [0.1, 0.15) is 47.3 Å². The highest BCUT2D eigenvalue weighted by Crippen LogP contribution is 2.39. The number of halogens is 1. The lowest BCUT2D eigenvalue weighted by Gasteiger charge is -2.34. The van der Waals surface area contributed by atoms with Crippen LogP contribution in [0.25, 0.3) is 0 Å². The molecule has 24 heavy (non-hydrogen) atoms. The SMILES string of the molecule is Cc1sncc1C(=O)N1CC2CC(C1)N(C(=O)C1(F)CCCC1)C2. The number of carbonyl (C=O) groups excluding carboxylic acids is 2. The van der Waals surface area contributed by atoms with Crippen molar-refractivity contribution in [3.05, 3.63) is 16.6 Å².